The Hall–Kier alpha value is 0.690. The van der Waals surface area contributed by atoms with Gasteiger partial charge in [-0.2, -0.15) is 0 Å². The first kappa shape index (κ1) is 13.7. The van der Waals surface area contributed by atoms with E-state index in [0.29, 0.717) is 6.04 Å². The maximum absolute atomic E-state index is 3.34. The maximum Gasteiger partial charge on any atom is 0.0172 e. The van der Waals surface area contributed by atoms with E-state index in [1.807, 2.05) is 0 Å². The summed E-state index contributed by atoms with van der Waals surface area (Å²) in [5.74, 6) is 1.76. The van der Waals surface area contributed by atoms with Gasteiger partial charge in [0, 0.05) is 28.9 Å². The van der Waals surface area contributed by atoms with Crippen LogP contribution in [0.2, 0.25) is 0 Å². The Balaban J connectivity index is 3.69. The van der Waals surface area contributed by atoms with Crippen molar-refractivity contribution in [3.8, 4) is 0 Å². The van der Waals surface area contributed by atoms with E-state index in [-0.39, 0.29) is 0 Å². The first-order valence-electron chi connectivity index (χ1n) is 5.51. The molecule has 2 heteroatoms. The van der Waals surface area contributed by atoms with Gasteiger partial charge in [-0.1, -0.05) is 34.1 Å². The van der Waals surface area contributed by atoms with Gasteiger partial charge < -0.3 is 0 Å². The minimum Gasteiger partial charge on any atom is -0.258 e. The minimum absolute atomic E-state index is 0.716. The number of hydrogen-bond donors (Lipinski definition) is 1. The fourth-order valence-corrected chi connectivity index (χ4v) is 2.51. The summed E-state index contributed by atoms with van der Waals surface area (Å²) in [6.45, 7) is 9.25. The lowest BCUT2D eigenvalue weighted by Crippen LogP contribution is -2.21. The number of halogens is 1. The molecule has 0 aliphatic rings. The zero-order chi connectivity index (χ0) is 10.3. The highest BCUT2D eigenvalue weighted by Gasteiger charge is 2.13. The van der Waals surface area contributed by atoms with Crippen LogP contribution >= 0.6 is 22.9 Å². The van der Waals surface area contributed by atoms with Crippen LogP contribution in [0, 0.1) is 11.8 Å². The van der Waals surface area contributed by atoms with Crippen molar-refractivity contribution < 1.29 is 0 Å². The lowest BCUT2D eigenvalue weighted by Gasteiger charge is -2.21. The first-order chi connectivity index (χ1) is 6.15. The summed E-state index contributed by atoms with van der Waals surface area (Å²) in [5, 5.41) is 0. The Bertz CT molecular complexity index is 111. The van der Waals surface area contributed by atoms with Gasteiger partial charge in [-0.25, -0.2) is 0 Å². The van der Waals surface area contributed by atoms with Crippen LogP contribution in [0.3, 0.4) is 0 Å². The molecule has 0 saturated heterocycles. The molecule has 0 bridgehead atoms. The molecule has 0 amide bonds. The molecular formula is C11H24IN. The van der Waals surface area contributed by atoms with Crippen molar-refractivity contribution in [2.75, 3.05) is 0 Å². The van der Waals surface area contributed by atoms with Crippen molar-refractivity contribution in [1.29, 1.82) is 0 Å². The summed E-state index contributed by atoms with van der Waals surface area (Å²) >= 11 is 2.28. The highest BCUT2D eigenvalue weighted by Crippen LogP contribution is 2.22. The average molecular weight is 297 g/mol. The third-order valence-electron chi connectivity index (χ3n) is 3.00. The molecule has 13 heavy (non-hydrogen) atoms. The van der Waals surface area contributed by atoms with Crippen LogP contribution in [0.25, 0.3) is 0 Å². The first-order valence-corrected chi connectivity index (χ1v) is 6.59. The van der Waals surface area contributed by atoms with E-state index in [4.69, 9.17) is 0 Å². The summed E-state index contributed by atoms with van der Waals surface area (Å²) in [5.41, 5.74) is 0. The van der Waals surface area contributed by atoms with Crippen LogP contribution in [0.5, 0.6) is 0 Å². The molecule has 0 spiro atoms. The van der Waals surface area contributed by atoms with Gasteiger partial charge in [0.25, 0.3) is 0 Å². The molecule has 80 valence electrons. The standard InChI is InChI=1S/C11H24IN/c1-5-10(9(3)4)7-8-11(6-2)13-12/h9-11,13H,5-8H2,1-4H3. The fraction of sp³-hybridized carbons (Fsp3) is 1.00. The second-order valence-electron chi connectivity index (χ2n) is 4.20. The van der Waals surface area contributed by atoms with Gasteiger partial charge in [0.2, 0.25) is 0 Å². The van der Waals surface area contributed by atoms with Crippen molar-refractivity contribution in [1.82, 2.24) is 3.53 Å². The summed E-state index contributed by atoms with van der Waals surface area (Å²) in [6, 6.07) is 0.716. The van der Waals surface area contributed by atoms with E-state index in [2.05, 4.69) is 54.1 Å². The van der Waals surface area contributed by atoms with Crippen molar-refractivity contribution in [3.05, 3.63) is 0 Å². The molecule has 0 aliphatic carbocycles. The van der Waals surface area contributed by atoms with Crippen molar-refractivity contribution >= 4 is 22.9 Å². The quantitative estimate of drug-likeness (QED) is 0.549. The molecule has 0 aliphatic heterocycles. The zero-order valence-electron chi connectivity index (χ0n) is 9.44. The van der Waals surface area contributed by atoms with E-state index in [1.54, 1.807) is 0 Å². The van der Waals surface area contributed by atoms with Crippen LogP contribution in [-0.4, -0.2) is 6.04 Å². The molecule has 2 unspecified atom stereocenters. The SMILES string of the molecule is CCC(CCC(CC)C(C)C)NI. The van der Waals surface area contributed by atoms with Gasteiger partial charge in [-0.3, -0.25) is 3.53 Å². The Morgan fingerprint density at radius 2 is 1.69 bits per heavy atom. The molecule has 0 aromatic rings. The van der Waals surface area contributed by atoms with E-state index >= 15 is 0 Å². The topological polar surface area (TPSA) is 12.0 Å². The van der Waals surface area contributed by atoms with Crippen LogP contribution in [0.1, 0.15) is 53.4 Å². The Labute approximate surface area is 97.6 Å². The summed E-state index contributed by atoms with van der Waals surface area (Å²) in [6.07, 6.45) is 5.28. The number of rotatable bonds is 7. The molecule has 0 radical (unpaired) electrons. The van der Waals surface area contributed by atoms with Gasteiger partial charge in [0.05, 0.1) is 0 Å². The summed E-state index contributed by atoms with van der Waals surface area (Å²) in [7, 11) is 0. The van der Waals surface area contributed by atoms with Gasteiger partial charge >= 0.3 is 0 Å². The molecule has 0 rings (SSSR count). The molecule has 0 saturated carbocycles. The zero-order valence-corrected chi connectivity index (χ0v) is 11.6. The Kier molecular flexibility index (Phi) is 8.46. The number of nitrogens with one attached hydrogen (secondary N) is 1. The second kappa shape index (κ2) is 8.04. The predicted molar refractivity (Wildman–Crippen MR) is 69.1 cm³/mol. The molecule has 0 fully saturated rings. The van der Waals surface area contributed by atoms with Crippen LogP contribution in [0.15, 0.2) is 0 Å². The Morgan fingerprint density at radius 3 is 2.00 bits per heavy atom. The van der Waals surface area contributed by atoms with Crippen LogP contribution in [0.4, 0.5) is 0 Å². The molecular weight excluding hydrogens is 273 g/mol. The van der Waals surface area contributed by atoms with Crippen LogP contribution in [-0.2, 0) is 0 Å². The van der Waals surface area contributed by atoms with Crippen LogP contribution < -0.4 is 3.53 Å². The van der Waals surface area contributed by atoms with E-state index in [1.165, 1.54) is 25.7 Å². The molecule has 0 aromatic heterocycles. The van der Waals surface area contributed by atoms with Crippen molar-refractivity contribution in [2.24, 2.45) is 11.8 Å². The highest BCUT2D eigenvalue weighted by atomic mass is 127. The van der Waals surface area contributed by atoms with E-state index < -0.39 is 0 Å². The van der Waals surface area contributed by atoms with Gasteiger partial charge in [-0.05, 0) is 31.1 Å². The van der Waals surface area contributed by atoms with Gasteiger partial charge in [-0.15, -0.1) is 0 Å². The third-order valence-corrected chi connectivity index (χ3v) is 3.88. The summed E-state index contributed by atoms with van der Waals surface area (Å²) in [4.78, 5) is 0. The summed E-state index contributed by atoms with van der Waals surface area (Å²) < 4.78 is 3.34. The predicted octanol–water partition coefficient (Wildman–Crippen LogP) is 4.17. The molecule has 2 atom stereocenters. The lowest BCUT2D eigenvalue weighted by atomic mass is 9.87. The molecule has 0 heterocycles. The fourth-order valence-electron chi connectivity index (χ4n) is 1.76. The average Bonchev–Trinajstić information content (AvgIpc) is 2.12. The minimum atomic E-state index is 0.716. The van der Waals surface area contributed by atoms with Gasteiger partial charge in [0.1, 0.15) is 0 Å². The molecule has 1 nitrogen and oxygen atoms in total. The Morgan fingerprint density at radius 1 is 1.08 bits per heavy atom. The highest BCUT2D eigenvalue weighted by molar-refractivity contribution is 14.1. The second-order valence-corrected chi connectivity index (χ2v) is 4.83. The largest absolute Gasteiger partial charge is 0.258 e. The third kappa shape index (κ3) is 5.89. The number of hydrogen-bond acceptors (Lipinski definition) is 1. The monoisotopic (exact) mass is 297 g/mol. The lowest BCUT2D eigenvalue weighted by molar-refractivity contribution is 0.326. The van der Waals surface area contributed by atoms with Crippen molar-refractivity contribution in [2.45, 2.75) is 59.4 Å². The normalized spacial score (nSPS) is 16.2. The maximum atomic E-state index is 3.34. The van der Waals surface area contributed by atoms with E-state index in [0.717, 1.165) is 11.8 Å². The molecule has 0 aromatic carbocycles. The molecule has 1 N–H and O–H groups in total. The van der Waals surface area contributed by atoms with E-state index in [9.17, 15) is 0 Å². The van der Waals surface area contributed by atoms with Crippen molar-refractivity contribution in [3.63, 3.8) is 0 Å². The smallest absolute Gasteiger partial charge is 0.0172 e. The van der Waals surface area contributed by atoms with Gasteiger partial charge in [0.15, 0.2) is 0 Å².